The molecule has 0 radical (unpaired) electrons. The van der Waals surface area contributed by atoms with Crippen molar-refractivity contribution in [3.05, 3.63) is 29.2 Å². The third-order valence-electron chi connectivity index (χ3n) is 1.93. The lowest BCUT2D eigenvalue weighted by Gasteiger charge is -2.21. The zero-order valence-electron chi connectivity index (χ0n) is 7.86. The summed E-state index contributed by atoms with van der Waals surface area (Å²) in [6, 6.07) is 0. The Morgan fingerprint density at radius 1 is 1.77 bits per heavy atom. The molecule has 72 valence electrons. The Morgan fingerprint density at radius 3 is 3.08 bits per heavy atom. The molecule has 1 rings (SSSR count). The Hall–Kier alpha value is -0.670. The zero-order valence-corrected chi connectivity index (χ0v) is 8.68. The Labute approximate surface area is 83.0 Å². The SMILES string of the molecule is C=CCCC(C)(O)Cc1cncs1. The fraction of sp³-hybridized carbons (Fsp3) is 0.500. The number of aromatic nitrogens is 1. The molecule has 3 heteroatoms. The highest BCUT2D eigenvalue weighted by atomic mass is 32.1. The predicted octanol–water partition coefficient (Wildman–Crippen LogP) is 2.40. The molecule has 13 heavy (non-hydrogen) atoms. The van der Waals surface area contributed by atoms with Crippen molar-refractivity contribution in [3.8, 4) is 0 Å². The monoisotopic (exact) mass is 197 g/mol. The van der Waals surface area contributed by atoms with E-state index in [1.807, 2.05) is 19.2 Å². The second-order valence-electron chi connectivity index (χ2n) is 3.47. The molecule has 1 aromatic heterocycles. The van der Waals surface area contributed by atoms with Gasteiger partial charge in [-0.05, 0) is 19.8 Å². The number of nitrogens with zero attached hydrogens (tertiary/aromatic N) is 1. The molecule has 0 bridgehead atoms. The van der Waals surface area contributed by atoms with Crippen molar-refractivity contribution < 1.29 is 5.11 Å². The first-order valence-electron chi connectivity index (χ1n) is 4.35. The minimum Gasteiger partial charge on any atom is -0.390 e. The molecule has 0 aliphatic rings. The maximum Gasteiger partial charge on any atom is 0.0794 e. The lowest BCUT2D eigenvalue weighted by molar-refractivity contribution is 0.0531. The van der Waals surface area contributed by atoms with E-state index in [0.717, 1.165) is 17.7 Å². The van der Waals surface area contributed by atoms with Gasteiger partial charge in [0.1, 0.15) is 0 Å². The van der Waals surface area contributed by atoms with E-state index < -0.39 is 5.60 Å². The number of rotatable bonds is 5. The van der Waals surface area contributed by atoms with Crippen molar-refractivity contribution in [2.45, 2.75) is 31.8 Å². The Bertz CT molecular complexity index is 254. The van der Waals surface area contributed by atoms with Gasteiger partial charge in [-0.2, -0.15) is 0 Å². The Morgan fingerprint density at radius 2 is 2.54 bits per heavy atom. The van der Waals surface area contributed by atoms with Crippen LogP contribution in [0.25, 0.3) is 0 Å². The highest BCUT2D eigenvalue weighted by Crippen LogP contribution is 2.20. The van der Waals surface area contributed by atoms with Crippen LogP contribution in [0.2, 0.25) is 0 Å². The van der Waals surface area contributed by atoms with E-state index in [9.17, 15) is 5.11 Å². The summed E-state index contributed by atoms with van der Waals surface area (Å²) in [6.45, 7) is 5.50. The number of hydrogen-bond donors (Lipinski definition) is 1. The normalized spacial score (nSPS) is 15.2. The quantitative estimate of drug-likeness (QED) is 0.735. The van der Waals surface area contributed by atoms with E-state index in [4.69, 9.17) is 0 Å². The smallest absolute Gasteiger partial charge is 0.0794 e. The van der Waals surface area contributed by atoms with Gasteiger partial charge in [0, 0.05) is 17.5 Å². The topological polar surface area (TPSA) is 33.1 Å². The standard InChI is InChI=1S/C10H15NOS/c1-3-4-5-10(2,12)6-9-7-11-8-13-9/h3,7-8,12H,1,4-6H2,2H3. The van der Waals surface area contributed by atoms with Crippen molar-refractivity contribution in [1.82, 2.24) is 4.98 Å². The van der Waals surface area contributed by atoms with E-state index in [2.05, 4.69) is 11.6 Å². The third-order valence-corrected chi connectivity index (χ3v) is 2.71. The molecule has 1 N–H and O–H groups in total. The summed E-state index contributed by atoms with van der Waals surface area (Å²) in [5, 5.41) is 9.95. The van der Waals surface area contributed by atoms with Crippen molar-refractivity contribution in [1.29, 1.82) is 0 Å². The molecule has 0 aliphatic carbocycles. The van der Waals surface area contributed by atoms with Gasteiger partial charge in [0.25, 0.3) is 0 Å². The number of allylic oxidation sites excluding steroid dienone is 1. The van der Waals surface area contributed by atoms with Crippen LogP contribution in [0, 0.1) is 0 Å². The molecule has 0 amide bonds. The van der Waals surface area contributed by atoms with Crippen LogP contribution in [0.3, 0.4) is 0 Å². The molecule has 1 unspecified atom stereocenters. The van der Waals surface area contributed by atoms with Crippen molar-refractivity contribution >= 4 is 11.3 Å². The minimum atomic E-state index is -0.624. The van der Waals surface area contributed by atoms with Crippen LogP contribution in [-0.2, 0) is 6.42 Å². The van der Waals surface area contributed by atoms with Crippen LogP contribution >= 0.6 is 11.3 Å². The van der Waals surface area contributed by atoms with E-state index in [-0.39, 0.29) is 0 Å². The van der Waals surface area contributed by atoms with E-state index >= 15 is 0 Å². The average molecular weight is 197 g/mol. The number of thiazole rings is 1. The lowest BCUT2D eigenvalue weighted by Crippen LogP contribution is -2.26. The van der Waals surface area contributed by atoms with Gasteiger partial charge in [-0.25, -0.2) is 0 Å². The Balaban J connectivity index is 2.46. The van der Waals surface area contributed by atoms with Crippen LogP contribution in [0.15, 0.2) is 24.4 Å². The van der Waals surface area contributed by atoms with Gasteiger partial charge in [0.05, 0.1) is 11.1 Å². The molecule has 0 fully saturated rings. The van der Waals surface area contributed by atoms with Crippen LogP contribution in [0.5, 0.6) is 0 Å². The summed E-state index contributed by atoms with van der Waals surface area (Å²) >= 11 is 1.59. The van der Waals surface area contributed by atoms with E-state index in [1.165, 1.54) is 0 Å². The maximum absolute atomic E-state index is 9.95. The summed E-state index contributed by atoms with van der Waals surface area (Å²) in [5.74, 6) is 0. The second kappa shape index (κ2) is 4.53. The summed E-state index contributed by atoms with van der Waals surface area (Å²) in [4.78, 5) is 5.11. The van der Waals surface area contributed by atoms with Crippen molar-refractivity contribution in [3.63, 3.8) is 0 Å². The molecule has 0 saturated carbocycles. The Kier molecular flexibility index (Phi) is 3.63. The average Bonchev–Trinajstić information content (AvgIpc) is 2.52. The van der Waals surface area contributed by atoms with Crippen LogP contribution < -0.4 is 0 Å². The highest BCUT2D eigenvalue weighted by molar-refractivity contribution is 7.09. The minimum absolute atomic E-state index is 0.624. The molecule has 0 aromatic carbocycles. The first kappa shape index (κ1) is 10.4. The van der Waals surface area contributed by atoms with Gasteiger partial charge >= 0.3 is 0 Å². The molecule has 0 spiro atoms. The maximum atomic E-state index is 9.95. The molecular weight excluding hydrogens is 182 g/mol. The van der Waals surface area contributed by atoms with Crippen LogP contribution in [0.1, 0.15) is 24.6 Å². The van der Waals surface area contributed by atoms with Gasteiger partial charge in [-0.15, -0.1) is 17.9 Å². The fourth-order valence-corrected chi connectivity index (χ4v) is 1.98. The molecule has 1 aromatic rings. The summed E-state index contributed by atoms with van der Waals surface area (Å²) in [6.07, 6.45) is 5.94. The van der Waals surface area contributed by atoms with Crippen LogP contribution in [-0.4, -0.2) is 15.7 Å². The van der Waals surface area contributed by atoms with E-state index in [1.54, 1.807) is 16.8 Å². The summed E-state index contributed by atoms with van der Waals surface area (Å²) in [5.41, 5.74) is 1.17. The first-order chi connectivity index (χ1) is 6.14. The molecule has 0 aliphatic heterocycles. The molecule has 1 heterocycles. The van der Waals surface area contributed by atoms with Gasteiger partial charge in [-0.1, -0.05) is 6.08 Å². The molecule has 1 atom stereocenters. The van der Waals surface area contributed by atoms with E-state index in [0.29, 0.717) is 6.42 Å². The fourth-order valence-electron chi connectivity index (χ4n) is 1.21. The number of hydrogen-bond acceptors (Lipinski definition) is 3. The molecular formula is C10H15NOS. The summed E-state index contributed by atoms with van der Waals surface area (Å²) in [7, 11) is 0. The predicted molar refractivity (Wildman–Crippen MR) is 55.9 cm³/mol. The summed E-state index contributed by atoms with van der Waals surface area (Å²) < 4.78 is 0. The lowest BCUT2D eigenvalue weighted by atomic mass is 9.96. The number of aliphatic hydroxyl groups is 1. The van der Waals surface area contributed by atoms with Gasteiger partial charge in [0.15, 0.2) is 0 Å². The van der Waals surface area contributed by atoms with Gasteiger partial charge < -0.3 is 5.11 Å². The molecule has 2 nitrogen and oxygen atoms in total. The van der Waals surface area contributed by atoms with Gasteiger partial charge in [0.2, 0.25) is 0 Å². The first-order valence-corrected chi connectivity index (χ1v) is 5.23. The van der Waals surface area contributed by atoms with Crippen molar-refractivity contribution in [2.24, 2.45) is 0 Å². The highest BCUT2D eigenvalue weighted by Gasteiger charge is 2.20. The van der Waals surface area contributed by atoms with Gasteiger partial charge in [-0.3, -0.25) is 4.98 Å². The second-order valence-corrected chi connectivity index (χ2v) is 4.44. The van der Waals surface area contributed by atoms with Crippen LogP contribution in [0.4, 0.5) is 0 Å². The van der Waals surface area contributed by atoms with Crippen molar-refractivity contribution in [2.75, 3.05) is 0 Å². The largest absolute Gasteiger partial charge is 0.390 e. The third kappa shape index (κ3) is 3.70. The zero-order chi connectivity index (χ0) is 9.73. The molecule has 0 saturated heterocycles.